The van der Waals surface area contributed by atoms with Gasteiger partial charge < -0.3 is 5.32 Å². The highest BCUT2D eigenvalue weighted by Crippen LogP contribution is 2.17. The Balaban J connectivity index is 1.77. The molecule has 1 atom stereocenters. The van der Waals surface area contributed by atoms with E-state index in [-0.39, 0.29) is 23.3 Å². The molecule has 0 aliphatic carbocycles. The monoisotopic (exact) mass is 323 g/mol. The van der Waals surface area contributed by atoms with Crippen LogP contribution in [0.15, 0.2) is 24.3 Å². The van der Waals surface area contributed by atoms with Gasteiger partial charge in [0.15, 0.2) is 9.84 Å². The Morgan fingerprint density at radius 1 is 1.23 bits per heavy atom. The Hall–Kier alpha value is -1.36. The Morgan fingerprint density at radius 2 is 1.86 bits per heavy atom. The van der Waals surface area contributed by atoms with Crippen molar-refractivity contribution >= 4 is 15.7 Å². The van der Waals surface area contributed by atoms with Crippen molar-refractivity contribution in [3.63, 3.8) is 0 Å². The first-order valence-electron chi connectivity index (χ1n) is 7.89. The first-order chi connectivity index (χ1) is 10.3. The fourth-order valence-electron chi connectivity index (χ4n) is 2.80. The molecule has 1 unspecified atom stereocenters. The number of sulfone groups is 1. The van der Waals surface area contributed by atoms with Gasteiger partial charge in [0.1, 0.15) is 0 Å². The quantitative estimate of drug-likeness (QED) is 0.870. The van der Waals surface area contributed by atoms with E-state index in [1.54, 1.807) is 0 Å². The van der Waals surface area contributed by atoms with Crippen LogP contribution in [0.4, 0.5) is 0 Å². The lowest BCUT2D eigenvalue weighted by atomic mass is 10.0. The molecule has 0 aromatic heterocycles. The fraction of sp³-hybridized carbons (Fsp3) is 0.588. The zero-order valence-electron chi connectivity index (χ0n) is 13.3. The molecule has 0 saturated carbocycles. The summed E-state index contributed by atoms with van der Waals surface area (Å²) >= 11 is 0. The Bertz CT molecular complexity index is 605. The maximum atomic E-state index is 11.9. The van der Waals surface area contributed by atoms with Crippen LogP contribution in [0.5, 0.6) is 0 Å². The molecule has 1 amide bonds. The van der Waals surface area contributed by atoms with Crippen LogP contribution in [-0.4, -0.2) is 32.4 Å². The van der Waals surface area contributed by atoms with E-state index < -0.39 is 9.84 Å². The second kappa shape index (κ2) is 7.27. The molecule has 1 aliphatic heterocycles. The van der Waals surface area contributed by atoms with E-state index in [4.69, 9.17) is 0 Å². The third-order valence-electron chi connectivity index (χ3n) is 3.95. The van der Waals surface area contributed by atoms with Crippen LogP contribution in [0.3, 0.4) is 0 Å². The molecule has 1 heterocycles. The number of amides is 1. The predicted octanol–water partition coefficient (Wildman–Crippen LogP) is 1.98. The maximum absolute atomic E-state index is 11.9. The van der Waals surface area contributed by atoms with Crippen molar-refractivity contribution in [1.29, 1.82) is 0 Å². The molecule has 4 nitrogen and oxygen atoms in total. The van der Waals surface area contributed by atoms with Gasteiger partial charge in [-0.15, -0.1) is 0 Å². The Morgan fingerprint density at radius 3 is 2.41 bits per heavy atom. The first-order valence-corrected chi connectivity index (χ1v) is 9.71. The summed E-state index contributed by atoms with van der Waals surface area (Å²) < 4.78 is 22.7. The van der Waals surface area contributed by atoms with Crippen molar-refractivity contribution in [3.8, 4) is 0 Å². The summed E-state index contributed by atoms with van der Waals surface area (Å²) in [6.07, 6.45) is 2.05. The van der Waals surface area contributed by atoms with Gasteiger partial charge in [-0.2, -0.15) is 0 Å². The van der Waals surface area contributed by atoms with Gasteiger partial charge in [-0.25, -0.2) is 8.42 Å². The zero-order valence-corrected chi connectivity index (χ0v) is 14.2. The van der Waals surface area contributed by atoms with Crippen LogP contribution in [0.2, 0.25) is 0 Å². The summed E-state index contributed by atoms with van der Waals surface area (Å²) in [5.74, 6) is 1.11. The molecule has 0 radical (unpaired) electrons. The Labute approximate surface area is 133 Å². The highest BCUT2D eigenvalue weighted by Gasteiger charge is 2.27. The Kier molecular flexibility index (Phi) is 5.62. The minimum absolute atomic E-state index is 0.0408. The molecule has 1 saturated heterocycles. The van der Waals surface area contributed by atoms with E-state index >= 15 is 0 Å². The van der Waals surface area contributed by atoms with Gasteiger partial charge in [-0.1, -0.05) is 38.1 Å². The lowest BCUT2D eigenvalue weighted by Gasteiger charge is -2.10. The van der Waals surface area contributed by atoms with E-state index in [1.807, 2.05) is 12.1 Å². The molecule has 1 aromatic rings. The van der Waals surface area contributed by atoms with Crippen molar-refractivity contribution in [2.24, 2.45) is 11.8 Å². The minimum atomic E-state index is -2.87. The summed E-state index contributed by atoms with van der Waals surface area (Å²) in [5.41, 5.74) is 2.28. The number of carbonyl (C=O) groups excluding carboxylic acids is 1. The number of benzene rings is 1. The molecule has 5 heteroatoms. The van der Waals surface area contributed by atoms with Crippen LogP contribution in [0.25, 0.3) is 0 Å². The fourth-order valence-corrected chi connectivity index (χ4v) is 4.67. The molecule has 0 bridgehead atoms. The zero-order chi connectivity index (χ0) is 16.2. The molecule has 1 fully saturated rings. The van der Waals surface area contributed by atoms with E-state index in [9.17, 15) is 13.2 Å². The van der Waals surface area contributed by atoms with E-state index in [0.29, 0.717) is 25.3 Å². The van der Waals surface area contributed by atoms with Crippen LogP contribution in [0, 0.1) is 11.8 Å². The van der Waals surface area contributed by atoms with E-state index in [1.165, 1.54) is 5.56 Å². The molecule has 1 aliphatic rings. The number of carbonyl (C=O) groups is 1. The highest BCUT2D eigenvalue weighted by molar-refractivity contribution is 7.91. The van der Waals surface area contributed by atoms with Crippen molar-refractivity contribution in [1.82, 2.24) is 5.32 Å². The summed E-state index contributed by atoms with van der Waals surface area (Å²) in [6, 6.07) is 8.15. The van der Waals surface area contributed by atoms with Crippen molar-refractivity contribution < 1.29 is 13.2 Å². The normalized spacial score (nSPS) is 20.2. The van der Waals surface area contributed by atoms with Crippen molar-refractivity contribution in [2.75, 3.05) is 18.1 Å². The second-order valence-electron chi connectivity index (χ2n) is 6.66. The molecule has 122 valence electrons. The summed E-state index contributed by atoms with van der Waals surface area (Å²) in [6.45, 7) is 4.83. The van der Waals surface area contributed by atoms with Gasteiger partial charge in [0, 0.05) is 6.54 Å². The number of nitrogens with one attached hydrogen (secondary N) is 1. The smallest absolute Gasteiger partial charge is 0.224 e. The van der Waals surface area contributed by atoms with Crippen LogP contribution in [0.1, 0.15) is 31.4 Å². The molecular formula is C17H25NO3S. The average Bonchev–Trinajstić information content (AvgIpc) is 2.78. The van der Waals surface area contributed by atoms with Crippen LogP contribution >= 0.6 is 0 Å². The summed E-state index contributed by atoms with van der Waals surface area (Å²) in [7, 11) is -2.87. The lowest BCUT2D eigenvalue weighted by Crippen LogP contribution is -2.31. The lowest BCUT2D eigenvalue weighted by molar-refractivity contribution is -0.120. The number of rotatable bonds is 6. The van der Waals surface area contributed by atoms with Crippen LogP contribution in [-0.2, 0) is 27.5 Å². The van der Waals surface area contributed by atoms with Gasteiger partial charge in [-0.3, -0.25) is 4.79 Å². The summed E-state index contributed by atoms with van der Waals surface area (Å²) in [5, 5.41) is 2.85. The molecule has 1 N–H and O–H groups in total. The van der Waals surface area contributed by atoms with E-state index in [0.717, 1.165) is 12.0 Å². The molecular weight excluding hydrogens is 298 g/mol. The minimum Gasteiger partial charge on any atom is -0.356 e. The number of hydrogen-bond donors (Lipinski definition) is 1. The van der Waals surface area contributed by atoms with Gasteiger partial charge in [0.2, 0.25) is 5.91 Å². The number of hydrogen-bond acceptors (Lipinski definition) is 3. The van der Waals surface area contributed by atoms with Gasteiger partial charge >= 0.3 is 0 Å². The second-order valence-corrected chi connectivity index (χ2v) is 8.89. The van der Waals surface area contributed by atoms with Gasteiger partial charge in [0.25, 0.3) is 0 Å². The SMILES string of the molecule is CC(C)Cc1ccc(CC(=O)NCC2CCS(=O)(=O)C2)cc1. The molecule has 22 heavy (non-hydrogen) atoms. The topological polar surface area (TPSA) is 63.2 Å². The first kappa shape index (κ1) is 17.0. The van der Waals surface area contributed by atoms with Crippen molar-refractivity contribution in [2.45, 2.75) is 33.1 Å². The standard InChI is InChI=1S/C17H25NO3S/c1-13(2)9-14-3-5-15(6-4-14)10-17(19)18-11-16-7-8-22(20,21)12-16/h3-6,13,16H,7-12H2,1-2H3,(H,18,19). The third kappa shape index (κ3) is 5.44. The summed E-state index contributed by atoms with van der Waals surface area (Å²) in [4.78, 5) is 11.9. The van der Waals surface area contributed by atoms with Gasteiger partial charge in [-0.05, 0) is 35.8 Å². The molecule has 1 aromatic carbocycles. The molecule has 0 spiro atoms. The van der Waals surface area contributed by atoms with E-state index in [2.05, 4.69) is 31.3 Å². The van der Waals surface area contributed by atoms with Gasteiger partial charge in [0.05, 0.1) is 17.9 Å². The van der Waals surface area contributed by atoms with Crippen molar-refractivity contribution in [3.05, 3.63) is 35.4 Å². The highest BCUT2D eigenvalue weighted by atomic mass is 32.2. The average molecular weight is 323 g/mol. The predicted molar refractivity (Wildman–Crippen MR) is 88.5 cm³/mol. The largest absolute Gasteiger partial charge is 0.356 e. The maximum Gasteiger partial charge on any atom is 0.224 e. The third-order valence-corrected chi connectivity index (χ3v) is 5.78. The molecule has 2 rings (SSSR count). The van der Waals surface area contributed by atoms with Crippen LogP contribution < -0.4 is 5.32 Å².